The summed E-state index contributed by atoms with van der Waals surface area (Å²) in [6, 6.07) is 10.3. The van der Waals surface area contributed by atoms with Crippen molar-refractivity contribution < 1.29 is 4.79 Å². The predicted molar refractivity (Wildman–Crippen MR) is 85.6 cm³/mol. The highest BCUT2D eigenvalue weighted by molar-refractivity contribution is 6.13. The molecule has 2 aliphatic rings. The van der Waals surface area contributed by atoms with E-state index >= 15 is 0 Å². The number of amides is 1. The van der Waals surface area contributed by atoms with Crippen molar-refractivity contribution in [2.75, 3.05) is 16.3 Å². The van der Waals surface area contributed by atoms with Crippen LogP contribution in [-0.4, -0.2) is 28.7 Å². The summed E-state index contributed by atoms with van der Waals surface area (Å²) in [7, 11) is 0. The van der Waals surface area contributed by atoms with Crippen molar-refractivity contribution in [1.82, 2.24) is 10.2 Å². The van der Waals surface area contributed by atoms with Crippen LogP contribution in [0.1, 0.15) is 36.5 Å². The van der Waals surface area contributed by atoms with Gasteiger partial charge in [0.2, 0.25) is 0 Å². The maximum atomic E-state index is 13.0. The lowest BCUT2D eigenvalue weighted by molar-refractivity contribution is 0.0988. The third-order valence-electron chi connectivity index (χ3n) is 4.20. The third-order valence-corrected chi connectivity index (χ3v) is 4.20. The molecule has 22 heavy (non-hydrogen) atoms. The zero-order chi connectivity index (χ0) is 15.1. The van der Waals surface area contributed by atoms with Crippen LogP contribution in [-0.2, 0) is 0 Å². The van der Waals surface area contributed by atoms with Crippen LogP contribution in [0.25, 0.3) is 0 Å². The van der Waals surface area contributed by atoms with Gasteiger partial charge in [0.25, 0.3) is 5.91 Å². The molecule has 1 aliphatic carbocycles. The quantitative estimate of drug-likeness (QED) is 0.872. The van der Waals surface area contributed by atoms with Gasteiger partial charge >= 0.3 is 0 Å². The summed E-state index contributed by atoms with van der Waals surface area (Å²) < 4.78 is 0. The second-order valence-corrected chi connectivity index (χ2v) is 5.82. The molecule has 4 rings (SSSR count). The van der Waals surface area contributed by atoms with Crippen LogP contribution in [0.3, 0.4) is 0 Å². The van der Waals surface area contributed by atoms with Crippen LogP contribution in [0.2, 0.25) is 0 Å². The molecule has 1 aromatic carbocycles. The number of para-hydroxylation sites is 2. The molecule has 5 heteroatoms. The van der Waals surface area contributed by atoms with Crippen molar-refractivity contribution in [2.45, 2.75) is 32.2 Å². The fourth-order valence-corrected chi connectivity index (χ4v) is 3.08. The normalized spacial score (nSPS) is 17.0. The SMILES string of the molecule is CCCN1C(=O)c2ccnnc2N(C2CC2)c2ccccc21. The molecule has 1 aromatic heterocycles. The Morgan fingerprint density at radius 1 is 1.18 bits per heavy atom. The standard InChI is InChI=1S/C17H18N4O/c1-2-11-20-14-5-3-4-6-15(14)21(12-7-8-12)16-13(17(20)22)9-10-18-19-16/h3-6,9-10,12H,2,7-8,11H2,1H3. The van der Waals surface area contributed by atoms with Gasteiger partial charge in [-0.3, -0.25) is 4.79 Å². The average Bonchev–Trinajstić information content (AvgIpc) is 3.38. The minimum atomic E-state index is 0.0161. The van der Waals surface area contributed by atoms with Gasteiger partial charge in [0.1, 0.15) is 0 Å². The number of hydrogen-bond acceptors (Lipinski definition) is 4. The summed E-state index contributed by atoms with van der Waals surface area (Å²) in [5, 5.41) is 8.31. The van der Waals surface area contributed by atoms with Gasteiger partial charge in [-0.25, -0.2) is 0 Å². The maximum Gasteiger partial charge on any atom is 0.262 e. The highest BCUT2D eigenvalue weighted by atomic mass is 16.2. The van der Waals surface area contributed by atoms with E-state index < -0.39 is 0 Å². The van der Waals surface area contributed by atoms with E-state index in [2.05, 4.69) is 28.1 Å². The van der Waals surface area contributed by atoms with Gasteiger partial charge in [-0.2, -0.15) is 5.10 Å². The first-order valence-electron chi connectivity index (χ1n) is 7.83. The van der Waals surface area contributed by atoms with Gasteiger partial charge in [0.05, 0.1) is 23.1 Å². The van der Waals surface area contributed by atoms with Gasteiger partial charge in [-0.1, -0.05) is 19.1 Å². The lowest BCUT2D eigenvalue weighted by atomic mass is 10.2. The Balaban J connectivity index is 1.97. The number of aromatic nitrogens is 2. The summed E-state index contributed by atoms with van der Waals surface area (Å²) in [6.45, 7) is 2.79. The molecule has 2 heterocycles. The monoisotopic (exact) mass is 294 g/mol. The number of rotatable bonds is 3. The Morgan fingerprint density at radius 3 is 2.68 bits per heavy atom. The van der Waals surface area contributed by atoms with E-state index in [-0.39, 0.29) is 5.91 Å². The lowest BCUT2D eigenvalue weighted by Crippen LogP contribution is -2.31. The van der Waals surface area contributed by atoms with E-state index in [1.807, 2.05) is 23.1 Å². The number of carbonyl (C=O) groups is 1. The van der Waals surface area contributed by atoms with Gasteiger partial charge in [-0.05, 0) is 37.5 Å². The fraction of sp³-hybridized carbons (Fsp3) is 0.353. The topological polar surface area (TPSA) is 49.3 Å². The van der Waals surface area contributed by atoms with Crippen molar-refractivity contribution >= 4 is 23.1 Å². The van der Waals surface area contributed by atoms with Gasteiger partial charge in [0, 0.05) is 12.6 Å². The molecule has 0 radical (unpaired) electrons. The molecule has 0 saturated heterocycles. The van der Waals surface area contributed by atoms with Crippen molar-refractivity contribution in [3.05, 3.63) is 42.1 Å². The first-order chi connectivity index (χ1) is 10.8. The van der Waals surface area contributed by atoms with Crippen molar-refractivity contribution in [3.8, 4) is 0 Å². The Bertz CT molecular complexity index is 726. The van der Waals surface area contributed by atoms with Gasteiger partial charge < -0.3 is 9.80 Å². The van der Waals surface area contributed by atoms with Gasteiger partial charge in [0.15, 0.2) is 5.82 Å². The summed E-state index contributed by atoms with van der Waals surface area (Å²) >= 11 is 0. The molecule has 112 valence electrons. The molecule has 0 N–H and O–H groups in total. The van der Waals surface area contributed by atoms with E-state index in [0.717, 1.165) is 30.6 Å². The number of carbonyl (C=O) groups excluding carboxylic acids is 1. The summed E-state index contributed by atoms with van der Waals surface area (Å²) in [5.74, 6) is 0.711. The largest absolute Gasteiger partial charge is 0.319 e. The van der Waals surface area contributed by atoms with Crippen molar-refractivity contribution in [1.29, 1.82) is 0 Å². The molecule has 5 nitrogen and oxygen atoms in total. The highest BCUT2D eigenvalue weighted by Gasteiger charge is 2.39. The molecule has 0 unspecified atom stereocenters. The minimum absolute atomic E-state index is 0.0161. The molecule has 1 aliphatic heterocycles. The molecule has 1 fully saturated rings. The number of fused-ring (bicyclic) bond motifs is 2. The predicted octanol–water partition coefficient (Wildman–Crippen LogP) is 3.15. The molecular weight excluding hydrogens is 276 g/mol. The molecule has 1 saturated carbocycles. The Labute approximate surface area is 129 Å². The van der Waals surface area contributed by atoms with Crippen LogP contribution < -0.4 is 9.80 Å². The third kappa shape index (κ3) is 1.96. The zero-order valence-electron chi connectivity index (χ0n) is 12.6. The number of benzene rings is 1. The smallest absolute Gasteiger partial charge is 0.262 e. The second kappa shape index (κ2) is 5.09. The molecular formula is C17H18N4O. The molecule has 1 amide bonds. The van der Waals surface area contributed by atoms with E-state index in [1.54, 1.807) is 12.3 Å². The Kier molecular flexibility index (Phi) is 3.06. The van der Waals surface area contributed by atoms with E-state index in [9.17, 15) is 4.79 Å². The fourth-order valence-electron chi connectivity index (χ4n) is 3.08. The van der Waals surface area contributed by atoms with Crippen LogP contribution in [0.15, 0.2) is 36.5 Å². The zero-order valence-corrected chi connectivity index (χ0v) is 12.6. The molecule has 0 bridgehead atoms. The first-order valence-corrected chi connectivity index (χ1v) is 7.83. The number of hydrogen-bond donors (Lipinski definition) is 0. The van der Waals surface area contributed by atoms with Crippen LogP contribution in [0, 0.1) is 0 Å². The second-order valence-electron chi connectivity index (χ2n) is 5.82. The average molecular weight is 294 g/mol. The van der Waals surface area contributed by atoms with E-state index in [1.165, 1.54) is 0 Å². The van der Waals surface area contributed by atoms with Crippen LogP contribution in [0.5, 0.6) is 0 Å². The van der Waals surface area contributed by atoms with Crippen LogP contribution in [0.4, 0.5) is 17.2 Å². The summed E-state index contributed by atoms with van der Waals surface area (Å²) in [5.41, 5.74) is 2.68. The first kappa shape index (κ1) is 13.2. The number of anilines is 3. The molecule has 0 atom stereocenters. The lowest BCUT2D eigenvalue weighted by Gasteiger charge is -2.26. The van der Waals surface area contributed by atoms with E-state index in [0.29, 0.717) is 24.0 Å². The maximum absolute atomic E-state index is 13.0. The number of nitrogens with zero attached hydrogens (tertiary/aromatic N) is 4. The Morgan fingerprint density at radius 2 is 1.95 bits per heavy atom. The summed E-state index contributed by atoms with van der Waals surface area (Å²) in [6.07, 6.45) is 4.78. The Hall–Kier alpha value is -2.43. The highest BCUT2D eigenvalue weighted by Crippen LogP contribution is 2.45. The summed E-state index contributed by atoms with van der Waals surface area (Å²) in [4.78, 5) is 17.1. The van der Waals surface area contributed by atoms with Crippen LogP contribution >= 0.6 is 0 Å². The molecule has 0 spiro atoms. The van der Waals surface area contributed by atoms with Crippen molar-refractivity contribution in [3.63, 3.8) is 0 Å². The van der Waals surface area contributed by atoms with Crippen molar-refractivity contribution in [2.24, 2.45) is 0 Å². The van der Waals surface area contributed by atoms with Gasteiger partial charge in [-0.15, -0.1) is 5.10 Å². The molecule has 2 aromatic rings. The van der Waals surface area contributed by atoms with E-state index in [4.69, 9.17) is 0 Å². The minimum Gasteiger partial charge on any atom is -0.319 e.